The summed E-state index contributed by atoms with van der Waals surface area (Å²) in [6.45, 7) is 1.24. The van der Waals surface area contributed by atoms with Crippen molar-refractivity contribution in [1.29, 1.82) is 0 Å². The predicted molar refractivity (Wildman–Crippen MR) is 94.4 cm³/mol. The van der Waals surface area contributed by atoms with Crippen LogP contribution in [0.15, 0.2) is 50.7 Å². The number of benzene rings is 1. The second kappa shape index (κ2) is 6.76. The van der Waals surface area contributed by atoms with Gasteiger partial charge in [-0.05, 0) is 18.6 Å². The van der Waals surface area contributed by atoms with Crippen molar-refractivity contribution in [3.8, 4) is 17.1 Å². The summed E-state index contributed by atoms with van der Waals surface area (Å²) in [5, 5.41) is 10.1. The fourth-order valence-corrected chi connectivity index (χ4v) is 3.69. The van der Waals surface area contributed by atoms with E-state index in [1.807, 2.05) is 29.0 Å². The van der Waals surface area contributed by atoms with Crippen LogP contribution in [0.2, 0.25) is 0 Å². The molecule has 0 amide bonds. The second-order valence-corrected chi connectivity index (χ2v) is 6.83. The van der Waals surface area contributed by atoms with Crippen LogP contribution in [0.1, 0.15) is 6.42 Å². The van der Waals surface area contributed by atoms with Crippen LogP contribution in [0.5, 0.6) is 5.88 Å². The molecule has 0 saturated heterocycles. The lowest BCUT2D eigenvalue weighted by atomic mass is 10.1. The molecule has 1 aromatic carbocycles. The third kappa shape index (κ3) is 3.42. The van der Waals surface area contributed by atoms with Crippen molar-refractivity contribution in [2.75, 3.05) is 0 Å². The van der Waals surface area contributed by atoms with Gasteiger partial charge in [0.1, 0.15) is 5.69 Å². The van der Waals surface area contributed by atoms with Gasteiger partial charge in [0.2, 0.25) is 5.88 Å². The number of rotatable bonds is 5. The van der Waals surface area contributed by atoms with Gasteiger partial charge in [-0.1, -0.05) is 37.9 Å². The van der Waals surface area contributed by atoms with Gasteiger partial charge in [-0.3, -0.25) is 9.55 Å². The molecule has 0 aliphatic heterocycles. The number of aromatic hydroxyl groups is 1. The summed E-state index contributed by atoms with van der Waals surface area (Å²) in [7, 11) is 0. The molecular weight excluding hydrogens is 428 g/mol. The highest BCUT2D eigenvalue weighted by Gasteiger charge is 2.17. The van der Waals surface area contributed by atoms with Gasteiger partial charge < -0.3 is 9.67 Å². The van der Waals surface area contributed by atoms with Gasteiger partial charge in [-0.2, -0.15) is 0 Å². The lowest BCUT2D eigenvalue weighted by molar-refractivity contribution is 0.457. The number of aromatic nitrogens is 4. The first-order valence-electron chi connectivity index (χ1n) is 6.99. The average molecular weight is 442 g/mol. The third-order valence-electron chi connectivity index (χ3n) is 3.51. The maximum absolute atomic E-state index is 12.1. The molecule has 0 fully saturated rings. The van der Waals surface area contributed by atoms with E-state index in [1.54, 1.807) is 17.1 Å². The third-order valence-corrected chi connectivity index (χ3v) is 4.66. The quantitative estimate of drug-likeness (QED) is 0.637. The second-order valence-electron chi connectivity index (χ2n) is 5.06. The first-order chi connectivity index (χ1) is 11.1. The molecule has 0 spiro atoms. The summed E-state index contributed by atoms with van der Waals surface area (Å²) in [4.78, 5) is 18.6. The molecule has 8 heteroatoms. The minimum absolute atomic E-state index is 0.124. The molecule has 0 atom stereocenters. The van der Waals surface area contributed by atoms with Crippen LogP contribution in [-0.4, -0.2) is 24.2 Å². The summed E-state index contributed by atoms with van der Waals surface area (Å²) >= 11 is 6.88. The van der Waals surface area contributed by atoms with E-state index < -0.39 is 0 Å². The van der Waals surface area contributed by atoms with Crippen LogP contribution in [0.25, 0.3) is 11.3 Å². The van der Waals surface area contributed by atoms with Gasteiger partial charge >= 0.3 is 5.69 Å². The first-order valence-corrected chi connectivity index (χ1v) is 8.58. The van der Waals surface area contributed by atoms with E-state index in [9.17, 15) is 9.90 Å². The van der Waals surface area contributed by atoms with Crippen molar-refractivity contribution in [2.24, 2.45) is 0 Å². The molecular formula is C15H14Br2N4O2. The minimum Gasteiger partial charge on any atom is -0.493 e. The van der Waals surface area contributed by atoms with Crippen LogP contribution in [0.4, 0.5) is 0 Å². The van der Waals surface area contributed by atoms with Gasteiger partial charge in [0.15, 0.2) is 0 Å². The van der Waals surface area contributed by atoms with Crippen molar-refractivity contribution in [2.45, 2.75) is 19.5 Å². The summed E-state index contributed by atoms with van der Waals surface area (Å²) < 4.78 is 5.22. The summed E-state index contributed by atoms with van der Waals surface area (Å²) in [6.07, 6.45) is 6.08. The zero-order valence-electron chi connectivity index (χ0n) is 12.0. The number of hydrogen-bond acceptors (Lipinski definition) is 3. The van der Waals surface area contributed by atoms with Gasteiger partial charge in [0.05, 0.1) is 6.33 Å². The summed E-state index contributed by atoms with van der Waals surface area (Å²) in [5.74, 6) is -0.124. The number of H-pyrrole nitrogens is 1. The van der Waals surface area contributed by atoms with E-state index in [4.69, 9.17) is 0 Å². The van der Waals surface area contributed by atoms with E-state index in [0.717, 1.165) is 27.5 Å². The average Bonchev–Trinajstić information content (AvgIpc) is 3.09. The van der Waals surface area contributed by atoms with E-state index in [2.05, 4.69) is 41.8 Å². The standard InChI is InChI=1S/C15H14Br2N4O2/c16-10-2-3-11(12(17)8-10)13-14(22)19-15(23)21(13)6-1-5-20-7-4-18-9-20/h2-4,7-9,22H,1,5-6H2,(H,19,23). The van der Waals surface area contributed by atoms with Gasteiger partial charge in [-0.15, -0.1) is 0 Å². The smallest absolute Gasteiger partial charge is 0.328 e. The number of aromatic amines is 1. The number of aryl methyl sites for hydroxylation is 1. The highest BCUT2D eigenvalue weighted by Crippen LogP contribution is 2.34. The summed E-state index contributed by atoms with van der Waals surface area (Å²) in [6, 6.07) is 5.60. The van der Waals surface area contributed by atoms with Crippen LogP contribution < -0.4 is 5.69 Å². The first kappa shape index (κ1) is 16.1. The van der Waals surface area contributed by atoms with Gasteiger partial charge in [0, 0.05) is 40.0 Å². The molecule has 0 saturated carbocycles. The van der Waals surface area contributed by atoms with Crippen molar-refractivity contribution < 1.29 is 5.11 Å². The molecule has 0 unspecified atom stereocenters. The number of hydrogen-bond donors (Lipinski definition) is 2. The van der Waals surface area contributed by atoms with Crippen LogP contribution in [0, 0.1) is 0 Å². The normalized spacial score (nSPS) is 11.0. The van der Waals surface area contributed by atoms with E-state index in [1.165, 1.54) is 0 Å². The Kier molecular flexibility index (Phi) is 4.72. The SMILES string of the molecule is O=c1[nH]c(O)c(-c2ccc(Br)cc2Br)n1CCCn1ccnc1. The molecule has 2 aromatic heterocycles. The lowest BCUT2D eigenvalue weighted by Crippen LogP contribution is -2.18. The summed E-state index contributed by atoms with van der Waals surface area (Å²) in [5.41, 5.74) is 0.921. The molecule has 2 N–H and O–H groups in total. The van der Waals surface area contributed by atoms with Crippen LogP contribution >= 0.6 is 31.9 Å². The molecule has 3 rings (SSSR count). The molecule has 2 heterocycles. The van der Waals surface area contributed by atoms with Crippen molar-refractivity contribution >= 4 is 31.9 Å². The minimum atomic E-state index is -0.321. The Hall–Kier alpha value is -1.80. The topological polar surface area (TPSA) is 75.8 Å². The highest BCUT2D eigenvalue weighted by molar-refractivity contribution is 9.11. The number of nitrogens with one attached hydrogen (secondary N) is 1. The van der Waals surface area contributed by atoms with Gasteiger partial charge in [0.25, 0.3) is 0 Å². The Morgan fingerprint density at radius 1 is 1.26 bits per heavy atom. The largest absolute Gasteiger partial charge is 0.493 e. The molecule has 0 aliphatic carbocycles. The molecule has 6 nitrogen and oxygen atoms in total. The van der Waals surface area contributed by atoms with Crippen molar-refractivity contribution in [3.63, 3.8) is 0 Å². The predicted octanol–water partition coefficient (Wildman–Crippen LogP) is 3.36. The van der Waals surface area contributed by atoms with Crippen LogP contribution in [0.3, 0.4) is 0 Å². The molecule has 23 heavy (non-hydrogen) atoms. The number of imidazole rings is 2. The molecule has 3 aromatic rings. The highest BCUT2D eigenvalue weighted by atomic mass is 79.9. The maximum atomic E-state index is 12.1. The Morgan fingerprint density at radius 3 is 2.78 bits per heavy atom. The lowest BCUT2D eigenvalue weighted by Gasteiger charge is -2.10. The Bertz CT molecular complexity index is 868. The van der Waals surface area contributed by atoms with Crippen molar-refractivity contribution in [3.05, 3.63) is 56.3 Å². The molecule has 0 radical (unpaired) electrons. The monoisotopic (exact) mass is 440 g/mol. The molecule has 0 bridgehead atoms. The Morgan fingerprint density at radius 2 is 2.09 bits per heavy atom. The zero-order chi connectivity index (χ0) is 16.4. The number of nitrogens with zero attached hydrogens (tertiary/aromatic N) is 3. The van der Waals surface area contributed by atoms with E-state index in [0.29, 0.717) is 12.2 Å². The maximum Gasteiger partial charge on any atom is 0.328 e. The fourth-order valence-electron chi connectivity index (χ4n) is 2.46. The van der Waals surface area contributed by atoms with Crippen molar-refractivity contribution in [1.82, 2.24) is 19.1 Å². The van der Waals surface area contributed by atoms with E-state index >= 15 is 0 Å². The Labute approximate surface area is 149 Å². The molecule has 0 aliphatic rings. The fraction of sp³-hybridized carbons (Fsp3) is 0.200. The zero-order valence-corrected chi connectivity index (χ0v) is 15.2. The number of halogens is 2. The Balaban J connectivity index is 1.90. The molecule has 120 valence electrons. The van der Waals surface area contributed by atoms with Crippen LogP contribution in [-0.2, 0) is 13.1 Å². The van der Waals surface area contributed by atoms with E-state index in [-0.39, 0.29) is 11.6 Å². The van der Waals surface area contributed by atoms with Gasteiger partial charge in [-0.25, -0.2) is 9.78 Å².